The summed E-state index contributed by atoms with van der Waals surface area (Å²) >= 11 is 0. The molecule has 0 aliphatic carbocycles. The van der Waals surface area contributed by atoms with E-state index in [2.05, 4.69) is 12.2 Å². The first-order chi connectivity index (χ1) is 30.0. The molecule has 0 spiro atoms. The maximum atomic E-state index is 11.9. The highest BCUT2D eigenvalue weighted by molar-refractivity contribution is 5.73. The zero-order chi connectivity index (χ0) is 45.4. The molecule has 0 bridgehead atoms. The maximum absolute atomic E-state index is 11.9. The molecule has 0 radical (unpaired) electrons. The fourth-order valence-electron chi connectivity index (χ4n) is 8.50. The molecule has 1 amide bonds. The van der Waals surface area contributed by atoms with Gasteiger partial charge >= 0.3 is 0 Å². The Bertz CT molecular complexity index is 1100. The molecule has 2 heterocycles. The minimum atomic E-state index is -1.78. The number of unbranched alkanes of at least 4 members (excludes halogenated alkanes) is 27. The molecule has 2 aliphatic heterocycles. The van der Waals surface area contributed by atoms with E-state index >= 15 is 0 Å². The fraction of sp³-hybridized carbons (Fsp3) is 0.938. The summed E-state index contributed by atoms with van der Waals surface area (Å²) in [4.78, 5) is 11.9. The number of hydrogen-bond acceptors (Lipinski definition) is 13. The SMILES string of the molecule is CCCCCCCCCCCCCCCCCCCCCCCCCCCCC/C=C/C(O)C(COC1OC(CO)C(OC2OC(CO)C(O)C(O)C2O)C(O)C1O)NC(C)=O. The van der Waals surface area contributed by atoms with Crippen molar-refractivity contribution in [2.45, 2.75) is 267 Å². The van der Waals surface area contributed by atoms with Gasteiger partial charge in [-0.3, -0.25) is 4.79 Å². The first-order valence-corrected chi connectivity index (χ1v) is 24.9. The van der Waals surface area contributed by atoms with E-state index in [-0.39, 0.29) is 6.61 Å². The molecule has 2 aliphatic rings. The van der Waals surface area contributed by atoms with Gasteiger partial charge in [0.2, 0.25) is 5.91 Å². The number of rotatable bonds is 38. The van der Waals surface area contributed by atoms with Gasteiger partial charge in [0.05, 0.1) is 32.0 Å². The lowest BCUT2D eigenvalue weighted by molar-refractivity contribution is -0.359. The Morgan fingerprint density at radius 2 is 0.968 bits per heavy atom. The number of nitrogens with one attached hydrogen (secondary N) is 1. The summed E-state index contributed by atoms with van der Waals surface area (Å²) in [7, 11) is 0. The summed E-state index contributed by atoms with van der Waals surface area (Å²) < 4.78 is 22.2. The molecule has 12 atom stereocenters. The summed E-state index contributed by atoms with van der Waals surface area (Å²) in [5.74, 6) is -0.414. The van der Waals surface area contributed by atoms with Crippen molar-refractivity contribution in [3.05, 3.63) is 12.2 Å². The first kappa shape index (κ1) is 56.9. The van der Waals surface area contributed by atoms with Crippen molar-refractivity contribution in [3.8, 4) is 0 Å². The molecular weight excluding hydrogens is 799 g/mol. The number of allylic oxidation sites excluding steroid dienone is 1. The number of ether oxygens (including phenoxy) is 4. The Morgan fingerprint density at radius 1 is 0.565 bits per heavy atom. The van der Waals surface area contributed by atoms with Crippen molar-refractivity contribution in [2.75, 3.05) is 19.8 Å². The van der Waals surface area contributed by atoms with Crippen LogP contribution in [-0.4, -0.2) is 140 Å². The van der Waals surface area contributed by atoms with E-state index in [1.54, 1.807) is 6.08 Å². The molecule has 366 valence electrons. The van der Waals surface area contributed by atoms with Crippen LogP contribution in [0, 0.1) is 0 Å². The van der Waals surface area contributed by atoms with Crippen molar-refractivity contribution in [2.24, 2.45) is 0 Å². The second kappa shape index (κ2) is 35.9. The van der Waals surface area contributed by atoms with Crippen LogP contribution in [0.15, 0.2) is 12.2 Å². The number of hydrogen-bond donors (Lipinski definition) is 9. The summed E-state index contributed by atoms with van der Waals surface area (Å²) in [6.07, 6.45) is 23.9. The molecule has 0 saturated carbocycles. The standard InChI is InChI=1S/C48H91NO13/c1-3-4-5-6-7-8-9-10-11-12-13-14-15-16-17-18-19-20-21-22-23-24-25-26-27-28-29-30-31-32-38(53)37(49-36(2)52)35-59-47-45(58)43(56)46(40(34-51)61-47)62-48-44(57)42(55)41(54)39(33-50)60-48/h31-32,37-48,50-51,53-58H,3-30,33-35H2,1-2H3,(H,49,52)/b32-31+. The van der Waals surface area contributed by atoms with Crippen LogP contribution in [0.5, 0.6) is 0 Å². The molecular formula is C48H91NO13. The highest BCUT2D eigenvalue weighted by atomic mass is 16.7. The predicted octanol–water partition coefficient (Wildman–Crippen LogP) is 5.99. The zero-order valence-corrected chi connectivity index (χ0v) is 38.6. The second-order valence-electron chi connectivity index (χ2n) is 18.0. The maximum Gasteiger partial charge on any atom is 0.217 e. The average molecular weight is 890 g/mol. The van der Waals surface area contributed by atoms with Crippen molar-refractivity contribution < 1.29 is 64.6 Å². The van der Waals surface area contributed by atoms with Gasteiger partial charge < -0.3 is 65.1 Å². The van der Waals surface area contributed by atoms with Gasteiger partial charge in [-0.15, -0.1) is 0 Å². The van der Waals surface area contributed by atoms with E-state index < -0.39 is 92.7 Å². The molecule has 14 nitrogen and oxygen atoms in total. The van der Waals surface area contributed by atoms with Crippen LogP contribution in [0.25, 0.3) is 0 Å². The Morgan fingerprint density at radius 3 is 1.39 bits per heavy atom. The van der Waals surface area contributed by atoms with Crippen LogP contribution >= 0.6 is 0 Å². The van der Waals surface area contributed by atoms with Crippen LogP contribution in [0.2, 0.25) is 0 Å². The molecule has 0 aromatic heterocycles. The first-order valence-electron chi connectivity index (χ1n) is 24.9. The number of aliphatic hydroxyl groups is 8. The van der Waals surface area contributed by atoms with Gasteiger partial charge in [0, 0.05) is 6.92 Å². The van der Waals surface area contributed by atoms with E-state index in [0.29, 0.717) is 0 Å². The third-order valence-electron chi connectivity index (χ3n) is 12.5. The normalized spacial score (nSPS) is 27.8. The van der Waals surface area contributed by atoms with E-state index in [1.807, 2.05) is 6.08 Å². The van der Waals surface area contributed by atoms with Gasteiger partial charge in [-0.2, -0.15) is 0 Å². The Balaban J connectivity index is 1.49. The van der Waals surface area contributed by atoms with E-state index in [1.165, 1.54) is 167 Å². The topological polar surface area (TPSA) is 228 Å². The number of amides is 1. The predicted molar refractivity (Wildman–Crippen MR) is 240 cm³/mol. The highest BCUT2D eigenvalue weighted by Gasteiger charge is 2.50. The van der Waals surface area contributed by atoms with Crippen LogP contribution in [0.4, 0.5) is 0 Å². The van der Waals surface area contributed by atoms with Gasteiger partial charge in [0.25, 0.3) is 0 Å². The minimum absolute atomic E-state index is 0.310. The molecule has 14 heteroatoms. The van der Waals surface area contributed by atoms with Crippen LogP contribution in [-0.2, 0) is 23.7 Å². The van der Waals surface area contributed by atoms with Crippen LogP contribution in [0.1, 0.15) is 194 Å². The van der Waals surface area contributed by atoms with E-state index in [0.717, 1.165) is 19.3 Å². The lowest BCUT2D eigenvalue weighted by Crippen LogP contribution is -2.65. The van der Waals surface area contributed by atoms with Crippen molar-refractivity contribution in [1.82, 2.24) is 5.32 Å². The van der Waals surface area contributed by atoms with Crippen LogP contribution < -0.4 is 5.32 Å². The smallest absolute Gasteiger partial charge is 0.217 e. The Kier molecular flexibility index (Phi) is 32.9. The molecule has 0 aromatic rings. The molecule has 2 rings (SSSR count). The van der Waals surface area contributed by atoms with E-state index in [4.69, 9.17) is 18.9 Å². The molecule has 2 fully saturated rings. The van der Waals surface area contributed by atoms with Gasteiger partial charge in [0.1, 0.15) is 48.8 Å². The molecule has 2 saturated heterocycles. The fourth-order valence-corrected chi connectivity index (χ4v) is 8.50. The molecule has 9 N–H and O–H groups in total. The lowest BCUT2D eigenvalue weighted by atomic mass is 9.97. The summed E-state index contributed by atoms with van der Waals surface area (Å²) in [5.41, 5.74) is 0. The summed E-state index contributed by atoms with van der Waals surface area (Å²) in [5, 5.41) is 85.1. The quantitative estimate of drug-likeness (QED) is 0.0257. The second-order valence-corrected chi connectivity index (χ2v) is 18.0. The number of aliphatic hydroxyl groups excluding tert-OH is 8. The monoisotopic (exact) mass is 890 g/mol. The van der Waals surface area contributed by atoms with E-state index in [9.17, 15) is 45.6 Å². The van der Waals surface area contributed by atoms with Crippen molar-refractivity contribution in [1.29, 1.82) is 0 Å². The van der Waals surface area contributed by atoms with Crippen LogP contribution in [0.3, 0.4) is 0 Å². The molecule has 62 heavy (non-hydrogen) atoms. The number of carbonyl (C=O) groups excluding carboxylic acids is 1. The minimum Gasteiger partial charge on any atom is -0.394 e. The zero-order valence-electron chi connectivity index (χ0n) is 38.6. The third kappa shape index (κ3) is 23.8. The summed E-state index contributed by atoms with van der Waals surface area (Å²) in [6, 6.07) is -0.911. The van der Waals surface area contributed by atoms with Crippen molar-refractivity contribution in [3.63, 3.8) is 0 Å². The average Bonchev–Trinajstić information content (AvgIpc) is 3.26. The Hall–Kier alpha value is -1.27. The Labute approximate surface area is 374 Å². The highest BCUT2D eigenvalue weighted by Crippen LogP contribution is 2.30. The molecule has 0 aromatic carbocycles. The van der Waals surface area contributed by atoms with Gasteiger partial charge in [-0.1, -0.05) is 186 Å². The molecule has 12 unspecified atom stereocenters. The van der Waals surface area contributed by atoms with Crippen molar-refractivity contribution >= 4 is 5.91 Å². The summed E-state index contributed by atoms with van der Waals surface area (Å²) in [6.45, 7) is 1.85. The number of carbonyl (C=O) groups is 1. The third-order valence-corrected chi connectivity index (χ3v) is 12.5. The van der Waals surface area contributed by atoms with Gasteiger partial charge in [-0.05, 0) is 12.8 Å². The largest absolute Gasteiger partial charge is 0.394 e. The van der Waals surface area contributed by atoms with Gasteiger partial charge in [0.15, 0.2) is 12.6 Å². The van der Waals surface area contributed by atoms with Gasteiger partial charge in [-0.25, -0.2) is 0 Å². The lowest BCUT2D eigenvalue weighted by Gasteiger charge is -2.46.